The first-order chi connectivity index (χ1) is 12.3. The van der Waals surface area contributed by atoms with Crippen molar-refractivity contribution >= 4 is 28.6 Å². The average Bonchev–Trinajstić information content (AvgIpc) is 2.67. The number of hydrogen-bond donors (Lipinski definition) is 1. The molecule has 3 nitrogen and oxygen atoms in total. The lowest BCUT2D eigenvalue weighted by Crippen LogP contribution is -2.15. The second kappa shape index (κ2) is 6.89. The molecule has 0 aliphatic heterocycles. The van der Waals surface area contributed by atoms with Crippen molar-refractivity contribution < 1.29 is 4.79 Å². The quantitative estimate of drug-likeness (QED) is 0.704. The Morgan fingerprint density at radius 3 is 2.60 bits per heavy atom. The molecule has 0 bridgehead atoms. The molecule has 1 aliphatic rings. The van der Waals surface area contributed by atoms with Crippen LogP contribution >= 0.6 is 0 Å². The number of benzene rings is 2. The minimum atomic E-state index is -0.104. The van der Waals surface area contributed by atoms with Crippen molar-refractivity contribution in [2.24, 2.45) is 0 Å². The number of aromatic nitrogens is 1. The highest BCUT2D eigenvalue weighted by Gasteiger charge is 2.18. The van der Waals surface area contributed by atoms with Gasteiger partial charge in [0.25, 0.3) is 0 Å². The maximum atomic E-state index is 12.5. The number of anilines is 1. The molecular formula is C22H20N2O. The number of nitrogens with zero attached hydrogens (tertiary/aromatic N) is 1. The SMILES string of the molecule is O=C(C=Cc1ccccc1)Nc1c2c(nc3ccccc13)CCCC2. The van der Waals surface area contributed by atoms with Gasteiger partial charge >= 0.3 is 0 Å². The highest BCUT2D eigenvalue weighted by atomic mass is 16.1. The Balaban J connectivity index is 1.68. The second-order valence-corrected chi connectivity index (χ2v) is 6.37. The molecule has 0 saturated heterocycles. The van der Waals surface area contributed by atoms with Gasteiger partial charge in [-0.05, 0) is 49.0 Å². The number of hydrogen-bond acceptors (Lipinski definition) is 2. The first-order valence-electron chi connectivity index (χ1n) is 8.76. The fourth-order valence-electron chi connectivity index (χ4n) is 3.42. The Morgan fingerprint density at radius 1 is 0.960 bits per heavy atom. The van der Waals surface area contributed by atoms with Crippen molar-refractivity contribution in [2.75, 3.05) is 5.32 Å². The molecule has 1 amide bonds. The molecular weight excluding hydrogens is 308 g/mol. The number of aryl methyl sites for hydroxylation is 1. The molecule has 0 radical (unpaired) electrons. The molecule has 3 heteroatoms. The summed E-state index contributed by atoms with van der Waals surface area (Å²) in [4.78, 5) is 17.3. The predicted molar refractivity (Wildman–Crippen MR) is 102 cm³/mol. The summed E-state index contributed by atoms with van der Waals surface area (Å²) in [6, 6.07) is 17.9. The Kier molecular flexibility index (Phi) is 4.30. The van der Waals surface area contributed by atoms with Gasteiger partial charge in [0.1, 0.15) is 0 Å². The topological polar surface area (TPSA) is 42.0 Å². The van der Waals surface area contributed by atoms with Crippen molar-refractivity contribution in [1.29, 1.82) is 0 Å². The molecule has 1 aromatic heterocycles. The number of para-hydroxylation sites is 1. The summed E-state index contributed by atoms with van der Waals surface area (Å²) >= 11 is 0. The van der Waals surface area contributed by atoms with E-state index in [9.17, 15) is 4.79 Å². The van der Waals surface area contributed by atoms with Crippen molar-refractivity contribution in [2.45, 2.75) is 25.7 Å². The van der Waals surface area contributed by atoms with Crippen molar-refractivity contribution in [1.82, 2.24) is 4.98 Å². The number of carbonyl (C=O) groups is 1. The molecule has 0 saturated carbocycles. The molecule has 1 N–H and O–H groups in total. The Bertz CT molecular complexity index is 945. The summed E-state index contributed by atoms with van der Waals surface area (Å²) in [6.07, 6.45) is 7.72. The standard InChI is InChI=1S/C22H20N2O/c25-21(15-14-16-8-2-1-3-9-16)24-22-17-10-4-6-12-19(17)23-20-13-7-5-11-18(20)22/h1-4,6,8-10,12,14-15H,5,7,11,13H2,(H,23,24,25). The molecule has 25 heavy (non-hydrogen) atoms. The summed E-state index contributed by atoms with van der Waals surface area (Å²) in [6.45, 7) is 0. The summed E-state index contributed by atoms with van der Waals surface area (Å²) in [5.41, 5.74) is 5.23. The van der Waals surface area contributed by atoms with E-state index >= 15 is 0 Å². The van der Waals surface area contributed by atoms with Gasteiger partial charge < -0.3 is 5.32 Å². The van der Waals surface area contributed by atoms with Crippen molar-refractivity contribution in [3.05, 3.63) is 77.5 Å². The molecule has 0 unspecified atom stereocenters. The maximum absolute atomic E-state index is 12.5. The molecule has 1 heterocycles. The zero-order valence-electron chi connectivity index (χ0n) is 14.0. The fraction of sp³-hybridized carbons (Fsp3) is 0.182. The van der Waals surface area contributed by atoms with Gasteiger partial charge in [-0.15, -0.1) is 0 Å². The summed E-state index contributed by atoms with van der Waals surface area (Å²) in [7, 11) is 0. The lowest BCUT2D eigenvalue weighted by atomic mass is 9.92. The van der Waals surface area contributed by atoms with E-state index in [2.05, 4.69) is 5.32 Å². The average molecular weight is 328 g/mol. The molecule has 0 atom stereocenters. The smallest absolute Gasteiger partial charge is 0.248 e. The largest absolute Gasteiger partial charge is 0.322 e. The van der Waals surface area contributed by atoms with Gasteiger partial charge in [-0.3, -0.25) is 9.78 Å². The van der Waals surface area contributed by atoms with Crippen LogP contribution in [0.5, 0.6) is 0 Å². The van der Waals surface area contributed by atoms with E-state index in [0.29, 0.717) is 0 Å². The lowest BCUT2D eigenvalue weighted by molar-refractivity contribution is -0.111. The normalized spacial score (nSPS) is 13.8. The number of amides is 1. The minimum Gasteiger partial charge on any atom is -0.322 e. The van der Waals surface area contributed by atoms with E-state index in [1.165, 1.54) is 12.0 Å². The molecule has 3 aromatic rings. The van der Waals surface area contributed by atoms with E-state index in [1.807, 2.05) is 60.7 Å². The monoisotopic (exact) mass is 328 g/mol. The lowest BCUT2D eigenvalue weighted by Gasteiger charge is -2.20. The van der Waals surface area contributed by atoms with E-state index in [4.69, 9.17) is 4.98 Å². The van der Waals surface area contributed by atoms with E-state index in [0.717, 1.165) is 47.1 Å². The zero-order valence-corrected chi connectivity index (χ0v) is 14.0. The van der Waals surface area contributed by atoms with Crippen molar-refractivity contribution in [3.8, 4) is 0 Å². The number of rotatable bonds is 3. The van der Waals surface area contributed by atoms with Gasteiger partial charge in [-0.2, -0.15) is 0 Å². The molecule has 1 aliphatic carbocycles. The minimum absolute atomic E-state index is 0.104. The van der Waals surface area contributed by atoms with Crippen LogP contribution in [0, 0.1) is 0 Å². The Hall–Kier alpha value is -2.94. The highest BCUT2D eigenvalue weighted by Crippen LogP contribution is 2.33. The third-order valence-corrected chi connectivity index (χ3v) is 4.64. The van der Waals surface area contributed by atoms with Crippen LogP contribution in [0.1, 0.15) is 29.7 Å². The molecule has 0 fully saturated rings. The van der Waals surface area contributed by atoms with Gasteiger partial charge in [-0.25, -0.2) is 0 Å². The van der Waals surface area contributed by atoms with Crippen LogP contribution in [0.2, 0.25) is 0 Å². The summed E-state index contributed by atoms with van der Waals surface area (Å²) < 4.78 is 0. The van der Waals surface area contributed by atoms with Gasteiger partial charge in [0.05, 0.1) is 11.2 Å². The molecule has 124 valence electrons. The van der Waals surface area contributed by atoms with Crippen LogP contribution in [0.25, 0.3) is 17.0 Å². The summed E-state index contributed by atoms with van der Waals surface area (Å²) in [5.74, 6) is -0.104. The first kappa shape index (κ1) is 15.6. The van der Waals surface area contributed by atoms with E-state index in [1.54, 1.807) is 6.08 Å². The maximum Gasteiger partial charge on any atom is 0.248 e. The van der Waals surface area contributed by atoms with Crippen LogP contribution in [0.15, 0.2) is 60.7 Å². The van der Waals surface area contributed by atoms with Gasteiger partial charge in [0, 0.05) is 17.2 Å². The van der Waals surface area contributed by atoms with Crippen LogP contribution in [-0.2, 0) is 17.6 Å². The van der Waals surface area contributed by atoms with Gasteiger partial charge in [0.15, 0.2) is 0 Å². The van der Waals surface area contributed by atoms with Crippen LogP contribution < -0.4 is 5.32 Å². The number of pyridine rings is 1. The predicted octanol–water partition coefficient (Wildman–Crippen LogP) is 4.77. The van der Waals surface area contributed by atoms with Gasteiger partial charge in [0.2, 0.25) is 5.91 Å². The van der Waals surface area contributed by atoms with Crippen LogP contribution in [-0.4, -0.2) is 10.9 Å². The van der Waals surface area contributed by atoms with E-state index in [-0.39, 0.29) is 5.91 Å². The van der Waals surface area contributed by atoms with Crippen molar-refractivity contribution in [3.63, 3.8) is 0 Å². The van der Waals surface area contributed by atoms with Crippen LogP contribution in [0.4, 0.5) is 5.69 Å². The molecule has 4 rings (SSSR count). The first-order valence-corrected chi connectivity index (χ1v) is 8.76. The zero-order chi connectivity index (χ0) is 17.1. The summed E-state index contributed by atoms with van der Waals surface area (Å²) in [5, 5.41) is 4.14. The highest BCUT2D eigenvalue weighted by molar-refractivity contribution is 6.08. The van der Waals surface area contributed by atoms with Crippen LogP contribution in [0.3, 0.4) is 0 Å². The third-order valence-electron chi connectivity index (χ3n) is 4.64. The Morgan fingerprint density at radius 2 is 1.72 bits per heavy atom. The Labute approximate surface area is 147 Å². The third kappa shape index (κ3) is 3.31. The molecule has 0 spiro atoms. The second-order valence-electron chi connectivity index (χ2n) is 6.37. The van der Waals surface area contributed by atoms with Gasteiger partial charge in [-0.1, -0.05) is 48.5 Å². The number of nitrogens with one attached hydrogen (secondary N) is 1. The number of carbonyl (C=O) groups excluding carboxylic acids is 1. The van der Waals surface area contributed by atoms with E-state index < -0.39 is 0 Å². The fourth-order valence-corrected chi connectivity index (χ4v) is 3.42. The number of fused-ring (bicyclic) bond motifs is 2. The molecule has 2 aromatic carbocycles.